The number of urea groups is 1. The zero-order chi connectivity index (χ0) is 28.9. The van der Waals surface area contributed by atoms with Gasteiger partial charge in [-0.15, -0.1) is 5.10 Å². The number of allylic oxidation sites excluding steroid dienone is 3. The van der Waals surface area contributed by atoms with E-state index in [-0.39, 0.29) is 29.5 Å². The molecule has 0 aromatic carbocycles. The van der Waals surface area contributed by atoms with Crippen LogP contribution in [0.4, 0.5) is 26.4 Å². The van der Waals surface area contributed by atoms with Crippen molar-refractivity contribution in [3.63, 3.8) is 0 Å². The number of hydrogen-bond acceptors (Lipinski definition) is 7. The summed E-state index contributed by atoms with van der Waals surface area (Å²) in [6.07, 6.45) is 12.1. The highest BCUT2D eigenvalue weighted by Gasteiger charge is 2.26. The van der Waals surface area contributed by atoms with E-state index in [0.29, 0.717) is 28.2 Å². The van der Waals surface area contributed by atoms with Crippen molar-refractivity contribution in [2.75, 3.05) is 16.0 Å². The van der Waals surface area contributed by atoms with Crippen LogP contribution in [-0.2, 0) is 0 Å². The fourth-order valence-electron chi connectivity index (χ4n) is 4.67. The van der Waals surface area contributed by atoms with E-state index in [1.54, 1.807) is 0 Å². The van der Waals surface area contributed by atoms with E-state index in [2.05, 4.69) is 54.8 Å². The summed E-state index contributed by atoms with van der Waals surface area (Å²) in [5.41, 5.74) is 1.92. The number of amides is 3. The molecule has 5 N–H and O–H groups in total. The van der Waals surface area contributed by atoms with Crippen molar-refractivity contribution in [1.29, 1.82) is 0 Å². The first-order chi connectivity index (χ1) is 19.8. The first-order valence-corrected chi connectivity index (χ1v) is 13.8. The SMILES string of the molecule is C=C/C(=C\C(=C)Cl)NC(=O)NC1CCC(Nc2cc(NC3CC3)c3ncc(C(=O)Nc4ccncc4F)n3n2)CC1. The normalized spacial score (nSPS) is 18.8. The second-order valence-corrected chi connectivity index (χ2v) is 10.6. The molecule has 11 nitrogen and oxygen atoms in total. The Kier molecular flexibility index (Phi) is 8.48. The van der Waals surface area contributed by atoms with Gasteiger partial charge in [0.2, 0.25) is 0 Å². The maximum absolute atomic E-state index is 14.1. The molecule has 0 bridgehead atoms. The number of carbonyl (C=O) groups excluding carboxylic acids is 2. The molecular weight excluding hydrogens is 549 g/mol. The smallest absolute Gasteiger partial charge is 0.319 e. The fourth-order valence-corrected chi connectivity index (χ4v) is 4.79. The molecule has 0 saturated heterocycles. The van der Waals surface area contributed by atoms with Gasteiger partial charge in [0.05, 0.1) is 23.8 Å². The summed E-state index contributed by atoms with van der Waals surface area (Å²) in [7, 11) is 0. The molecule has 0 radical (unpaired) electrons. The Hall–Kier alpha value is -4.45. The zero-order valence-electron chi connectivity index (χ0n) is 22.3. The Labute approximate surface area is 241 Å². The van der Waals surface area contributed by atoms with Gasteiger partial charge < -0.3 is 26.6 Å². The van der Waals surface area contributed by atoms with E-state index in [4.69, 9.17) is 11.6 Å². The number of nitrogens with zero attached hydrogens (tertiary/aromatic N) is 4. The van der Waals surface area contributed by atoms with Crippen LogP contribution in [0.25, 0.3) is 5.65 Å². The number of halogens is 2. The number of carbonyl (C=O) groups is 2. The van der Waals surface area contributed by atoms with Crippen LogP contribution < -0.4 is 26.6 Å². The third kappa shape index (κ3) is 7.20. The van der Waals surface area contributed by atoms with Crippen molar-refractivity contribution in [3.05, 3.63) is 78.3 Å². The van der Waals surface area contributed by atoms with Crippen LogP contribution in [0.3, 0.4) is 0 Å². The van der Waals surface area contributed by atoms with Crippen LogP contribution in [0, 0.1) is 5.82 Å². The number of imidazole rings is 1. The van der Waals surface area contributed by atoms with Gasteiger partial charge in [0.15, 0.2) is 17.2 Å². The van der Waals surface area contributed by atoms with E-state index in [0.717, 1.165) is 50.4 Å². The summed E-state index contributed by atoms with van der Waals surface area (Å²) in [6, 6.07) is 3.43. The number of fused-ring (bicyclic) bond motifs is 1. The predicted octanol–water partition coefficient (Wildman–Crippen LogP) is 4.93. The highest BCUT2D eigenvalue weighted by atomic mass is 35.5. The van der Waals surface area contributed by atoms with E-state index in [9.17, 15) is 14.0 Å². The summed E-state index contributed by atoms with van der Waals surface area (Å²) >= 11 is 5.79. The van der Waals surface area contributed by atoms with Crippen LogP contribution in [0.1, 0.15) is 49.0 Å². The first-order valence-electron chi connectivity index (χ1n) is 13.4. The summed E-state index contributed by atoms with van der Waals surface area (Å²) in [4.78, 5) is 33.6. The molecule has 3 aromatic heterocycles. The Balaban J connectivity index is 1.26. The minimum absolute atomic E-state index is 0.0124. The number of anilines is 3. The lowest BCUT2D eigenvalue weighted by Crippen LogP contribution is -2.44. The molecule has 2 aliphatic carbocycles. The molecule has 0 aliphatic heterocycles. The van der Waals surface area contributed by atoms with Crippen LogP contribution in [0.2, 0.25) is 0 Å². The van der Waals surface area contributed by atoms with E-state index in [1.807, 2.05) is 6.07 Å². The molecule has 214 valence electrons. The predicted molar refractivity (Wildman–Crippen MR) is 156 cm³/mol. The van der Waals surface area contributed by atoms with Crippen molar-refractivity contribution < 1.29 is 14.0 Å². The summed E-state index contributed by atoms with van der Waals surface area (Å²) in [5, 5.41) is 20.2. The molecule has 41 heavy (non-hydrogen) atoms. The maximum atomic E-state index is 14.1. The highest BCUT2D eigenvalue weighted by molar-refractivity contribution is 6.30. The van der Waals surface area contributed by atoms with Crippen molar-refractivity contribution in [2.45, 2.75) is 56.7 Å². The van der Waals surface area contributed by atoms with Crippen LogP contribution in [-0.4, -0.2) is 49.6 Å². The molecule has 0 unspecified atom stereocenters. The van der Waals surface area contributed by atoms with Crippen molar-refractivity contribution >= 4 is 46.4 Å². The quantitative estimate of drug-likeness (QED) is 0.215. The average Bonchev–Trinajstić information content (AvgIpc) is 3.65. The lowest BCUT2D eigenvalue weighted by Gasteiger charge is -2.30. The monoisotopic (exact) mass is 579 g/mol. The number of nitrogens with one attached hydrogen (secondary N) is 5. The van der Waals surface area contributed by atoms with E-state index < -0.39 is 11.7 Å². The Morgan fingerprint density at radius 3 is 2.44 bits per heavy atom. The van der Waals surface area contributed by atoms with Gasteiger partial charge in [0, 0.05) is 41.1 Å². The molecule has 5 rings (SSSR count). The second-order valence-electron chi connectivity index (χ2n) is 10.1. The molecule has 2 saturated carbocycles. The Morgan fingerprint density at radius 2 is 1.76 bits per heavy atom. The van der Waals surface area contributed by atoms with Crippen molar-refractivity contribution in [2.24, 2.45) is 0 Å². The number of aromatic nitrogens is 4. The van der Waals surface area contributed by atoms with E-state index in [1.165, 1.54) is 35.1 Å². The topological polar surface area (TPSA) is 137 Å². The third-order valence-electron chi connectivity index (χ3n) is 6.86. The van der Waals surface area contributed by atoms with E-state index >= 15 is 0 Å². The molecule has 2 aliphatic rings. The number of rotatable bonds is 10. The summed E-state index contributed by atoms with van der Waals surface area (Å²) in [5.74, 6) is -0.597. The molecule has 3 heterocycles. The average molecular weight is 580 g/mol. The van der Waals surface area contributed by atoms with Crippen LogP contribution in [0.15, 0.2) is 66.8 Å². The molecular formula is C28H31ClFN9O2. The Morgan fingerprint density at radius 1 is 1.05 bits per heavy atom. The molecule has 3 aromatic rings. The van der Waals surface area contributed by atoms with Gasteiger partial charge in [0.25, 0.3) is 5.91 Å². The van der Waals surface area contributed by atoms with Crippen LogP contribution in [0.5, 0.6) is 0 Å². The van der Waals surface area contributed by atoms with Gasteiger partial charge in [-0.1, -0.05) is 24.8 Å². The maximum Gasteiger partial charge on any atom is 0.319 e. The number of hydrogen-bond donors (Lipinski definition) is 5. The van der Waals surface area contributed by atoms with Crippen molar-refractivity contribution in [1.82, 2.24) is 30.2 Å². The van der Waals surface area contributed by atoms with Crippen molar-refractivity contribution in [3.8, 4) is 0 Å². The zero-order valence-corrected chi connectivity index (χ0v) is 23.0. The molecule has 0 atom stereocenters. The van der Waals surface area contributed by atoms with Gasteiger partial charge in [-0.2, -0.15) is 0 Å². The largest absolute Gasteiger partial charge is 0.379 e. The number of pyridine rings is 1. The highest BCUT2D eigenvalue weighted by Crippen LogP contribution is 2.30. The third-order valence-corrected chi connectivity index (χ3v) is 6.97. The molecule has 2 fully saturated rings. The lowest BCUT2D eigenvalue weighted by molar-refractivity contribution is 0.102. The minimum atomic E-state index is -0.637. The first kappa shape index (κ1) is 28.1. The van der Waals surface area contributed by atoms with Gasteiger partial charge in [-0.3, -0.25) is 9.78 Å². The Bertz CT molecular complexity index is 1510. The second kappa shape index (κ2) is 12.4. The summed E-state index contributed by atoms with van der Waals surface area (Å²) in [6.45, 7) is 7.26. The molecule has 0 spiro atoms. The standard InChI is InChI=1S/C28H31ClFN9O2/c1-3-17(12-16(2)29)35-28(41)36-20-8-6-19(7-9-20)34-25-13-23(33-18-4-5-18)26-32-15-24(39(26)38-25)27(40)37-22-10-11-31-14-21(22)30/h3,10-15,18-20,33H,1-2,4-9H2,(H,34,38)(H,31,37,40)(H2,35,36,41)/b17-12+. The summed E-state index contributed by atoms with van der Waals surface area (Å²) < 4.78 is 15.6. The lowest BCUT2D eigenvalue weighted by atomic mass is 9.91. The fraction of sp³-hybridized carbons (Fsp3) is 0.321. The van der Waals surface area contributed by atoms with Gasteiger partial charge in [-0.05, 0) is 56.7 Å². The molecule has 13 heteroatoms. The van der Waals surface area contributed by atoms with Crippen LogP contribution >= 0.6 is 11.6 Å². The van der Waals surface area contributed by atoms with Gasteiger partial charge >= 0.3 is 6.03 Å². The molecule has 3 amide bonds. The minimum Gasteiger partial charge on any atom is -0.379 e. The van der Waals surface area contributed by atoms with Gasteiger partial charge in [0.1, 0.15) is 5.82 Å². The van der Waals surface area contributed by atoms with Gasteiger partial charge in [-0.25, -0.2) is 18.7 Å².